The van der Waals surface area contributed by atoms with Crippen molar-refractivity contribution in [1.29, 1.82) is 0 Å². The molecule has 0 aromatic heterocycles. The van der Waals surface area contributed by atoms with Crippen molar-refractivity contribution in [2.75, 3.05) is 18.5 Å². The highest BCUT2D eigenvalue weighted by Gasteiger charge is 2.22. The number of carbonyl (C=O) groups is 3. The van der Waals surface area contributed by atoms with E-state index < -0.39 is 11.9 Å². The lowest BCUT2D eigenvalue weighted by molar-refractivity contribution is -0.144. The first-order valence-corrected chi connectivity index (χ1v) is 8.40. The number of anilines is 1. The van der Waals surface area contributed by atoms with E-state index >= 15 is 0 Å². The van der Waals surface area contributed by atoms with Crippen LogP contribution in [0.1, 0.15) is 35.2 Å². The first-order chi connectivity index (χ1) is 12.6. The lowest BCUT2D eigenvalue weighted by atomic mass is 9.97. The van der Waals surface area contributed by atoms with Gasteiger partial charge in [0.25, 0.3) is 5.91 Å². The highest BCUT2D eigenvalue weighted by atomic mass is 16.5. The topological polar surface area (TPSA) is 81.7 Å². The van der Waals surface area contributed by atoms with Gasteiger partial charge in [0, 0.05) is 5.56 Å². The zero-order valence-corrected chi connectivity index (χ0v) is 14.4. The van der Waals surface area contributed by atoms with Crippen LogP contribution in [-0.4, -0.2) is 30.9 Å². The summed E-state index contributed by atoms with van der Waals surface area (Å²) < 4.78 is 10.5. The molecule has 1 N–H and O–H groups in total. The molecule has 2 aromatic rings. The number of nitrogens with one attached hydrogen (secondary N) is 1. The molecule has 0 aliphatic carbocycles. The molecule has 1 atom stereocenters. The number of hydrogen-bond acceptors (Lipinski definition) is 5. The number of esters is 1. The van der Waals surface area contributed by atoms with Crippen LogP contribution in [0.3, 0.4) is 0 Å². The van der Waals surface area contributed by atoms with Crippen LogP contribution in [-0.2, 0) is 14.3 Å². The first kappa shape index (κ1) is 17.7. The molecule has 0 spiro atoms. The van der Waals surface area contributed by atoms with Crippen molar-refractivity contribution in [3.05, 3.63) is 59.7 Å². The Labute approximate surface area is 151 Å². The Kier molecular flexibility index (Phi) is 5.31. The third-order valence-corrected chi connectivity index (χ3v) is 4.17. The fourth-order valence-electron chi connectivity index (χ4n) is 2.80. The second-order valence-corrected chi connectivity index (χ2v) is 5.95. The maximum atomic E-state index is 12.3. The molecule has 1 heterocycles. The lowest BCUT2D eigenvalue weighted by Gasteiger charge is -2.18. The third kappa shape index (κ3) is 3.91. The maximum absolute atomic E-state index is 12.3. The van der Waals surface area contributed by atoms with Crippen LogP contribution in [0.25, 0.3) is 0 Å². The van der Waals surface area contributed by atoms with Crippen molar-refractivity contribution in [3.8, 4) is 5.75 Å². The number of hydrogen-bond donors (Lipinski definition) is 1. The first-order valence-electron chi connectivity index (χ1n) is 8.40. The van der Waals surface area contributed by atoms with Gasteiger partial charge in [-0.25, -0.2) is 0 Å². The third-order valence-electron chi connectivity index (χ3n) is 4.17. The molecular formula is C20H19NO5. The summed E-state index contributed by atoms with van der Waals surface area (Å²) in [5.74, 6) is -0.943. The van der Waals surface area contributed by atoms with Gasteiger partial charge in [-0.05, 0) is 30.2 Å². The Morgan fingerprint density at radius 2 is 1.96 bits per heavy atom. The predicted molar refractivity (Wildman–Crippen MR) is 95.3 cm³/mol. The van der Waals surface area contributed by atoms with Gasteiger partial charge in [-0.2, -0.15) is 0 Å². The smallest absolute Gasteiger partial charge is 0.313 e. The van der Waals surface area contributed by atoms with Crippen LogP contribution in [0.2, 0.25) is 0 Å². The molecule has 0 unspecified atom stereocenters. The second-order valence-electron chi connectivity index (χ2n) is 5.95. The SMILES string of the molecule is CC[C@@H](C(=O)OCC(=O)c1ccc2c(c1)NC(=O)CO2)c1ccccc1. The van der Waals surface area contributed by atoms with E-state index in [1.165, 1.54) is 6.07 Å². The molecule has 26 heavy (non-hydrogen) atoms. The van der Waals surface area contributed by atoms with Crippen molar-refractivity contribution in [1.82, 2.24) is 0 Å². The number of ether oxygens (including phenoxy) is 2. The summed E-state index contributed by atoms with van der Waals surface area (Å²) in [6.45, 7) is 1.50. The molecule has 1 aliphatic rings. The van der Waals surface area contributed by atoms with E-state index in [0.717, 1.165) is 5.56 Å². The molecule has 6 nitrogen and oxygen atoms in total. The Hall–Kier alpha value is -3.15. The molecule has 1 aliphatic heterocycles. The molecule has 2 aromatic carbocycles. The van der Waals surface area contributed by atoms with Crippen molar-refractivity contribution >= 4 is 23.3 Å². The monoisotopic (exact) mass is 353 g/mol. The number of amides is 1. The van der Waals surface area contributed by atoms with Crippen molar-refractivity contribution < 1.29 is 23.9 Å². The maximum Gasteiger partial charge on any atom is 0.313 e. The molecule has 0 saturated heterocycles. The van der Waals surface area contributed by atoms with Crippen LogP contribution in [0.15, 0.2) is 48.5 Å². The molecule has 0 bridgehead atoms. The minimum Gasteiger partial charge on any atom is -0.482 e. The fraction of sp³-hybridized carbons (Fsp3) is 0.250. The minimum absolute atomic E-state index is 0.0458. The van der Waals surface area contributed by atoms with Gasteiger partial charge in [-0.3, -0.25) is 14.4 Å². The Bertz CT molecular complexity index is 831. The minimum atomic E-state index is -0.429. The number of rotatable bonds is 6. The summed E-state index contributed by atoms with van der Waals surface area (Å²) in [6, 6.07) is 14.1. The number of benzene rings is 2. The summed E-state index contributed by atoms with van der Waals surface area (Å²) in [5.41, 5.74) is 1.64. The Morgan fingerprint density at radius 1 is 1.19 bits per heavy atom. The van der Waals surface area contributed by atoms with Gasteiger partial charge < -0.3 is 14.8 Å². The average Bonchev–Trinajstić information content (AvgIpc) is 2.67. The van der Waals surface area contributed by atoms with Crippen LogP contribution in [0.4, 0.5) is 5.69 Å². The largest absolute Gasteiger partial charge is 0.482 e. The van der Waals surface area contributed by atoms with Gasteiger partial charge >= 0.3 is 5.97 Å². The molecule has 1 amide bonds. The zero-order valence-electron chi connectivity index (χ0n) is 14.4. The van der Waals surface area contributed by atoms with E-state index in [1.807, 2.05) is 37.3 Å². The molecular weight excluding hydrogens is 334 g/mol. The Balaban J connectivity index is 1.64. The van der Waals surface area contributed by atoms with Gasteiger partial charge in [0.2, 0.25) is 0 Å². The standard InChI is InChI=1S/C20H19NO5/c1-2-15(13-6-4-3-5-7-13)20(24)26-11-17(22)14-8-9-18-16(10-14)21-19(23)12-25-18/h3-10,15H,2,11-12H2,1H3,(H,21,23)/t15-/m1/s1. The van der Waals surface area contributed by atoms with Crippen molar-refractivity contribution in [2.45, 2.75) is 19.3 Å². The van der Waals surface area contributed by atoms with E-state index in [-0.39, 0.29) is 24.9 Å². The molecule has 134 valence electrons. The molecule has 0 radical (unpaired) electrons. The van der Waals surface area contributed by atoms with Gasteiger partial charge in [-0.1, -0.05) is 37.3 Å². The summed E-state index contributed by atoms with van der Waals surface area (Å²) >= 11 is 0. The Morgan fingerprint density at radius 3 is 2.69 bits per heavy atom. The fourth-order valence-corrected chi connectivity index (χ4v) is 2.80. The van der Waals surface area contributed by atoms with Crippen molar-refractivity contribution in [3.63, 3.8) is 0 Å². The van der Waals surface area contributed by atoms with Crippen LogP contribution in [0.5, 0.6) is 5.75 Å². The predicted octanol–water partition coefficient (Wildman–Crippen LogP) is 2.94. The highest BCUT2D eigenvalue weighted by Crippen LogP contribution is 2.28. The molecule has 0 saturated carbocycles. The van der Waals surface area contributed by atoms with E-state index in [1.54, 1.807) is 12.1 Å². The lowest BCUT2D eigenvalue weighted by Crippen LogP contribution is -2.25. The normalized spacial score (nSPS) is 13.8. The van der Waals surface area contributed by atoms with Gasteiger partial charge in [0.1, 0.15) is 5.75 Å². The average molecular weight is 353 g/mol. The number of Topliss-reactive ketones (excluding diaryl/α,β-unsaturated/α-hetero) is 1. The number of ketones is 1. The summed E-state index contributed by atoms with van der Waals surface area (Å²) in [6.07, 6.45) is 0.583. The zero-order chi connectivity index (χ0) is 18.5. The van der Waals surface area contributed by atoms with Gasteiger partial charge in [0.15, 0.2) is 19.0 Å². The molecule has 3 rings (SSSR count). The van der Waals surface area contributed by atoms with Gasteiger partial charge in [-0.15, -0.1) is 0 Å². The molecule has 6 heteroatoms. The molecule has 0 fully saturated rings. The summed E-state index contributed by atoms with van der Waals surface area (Å²) in [5, 5.41) is 2.64. The number of fused-ring (bicyclic) bond motifs is 1. The van der Waals surface area contributed by atoms with Gasteiger partial charge in [0.05, 0.1) is 11.6 Å². The highest BCUT2D eigenvalue weighted by molar-refractivity contribution is 6.01. The summed E-state index contributed by atoms with van der Waals surface area (Å²) in [4.78, 5) is 36.0. The number of carbonyl (C=O) groups excluding carboxylic acids is 3. The summed E-state index contributed by atoms with van der Waals surface area (Å²) in [7, 11) is 0. The van der Waals surface area contributed by atoms with E-state index in [4.69, 9.17) is 9.47 Å². The quantitative estimate of drug-likeness (QED) is 0.638. The van der Waals surface area contributed by atoms with E-state index in [2.05, 4.69) is 5.32 Å². The van der Waals surface area contributed by atoms with Crippen LogP contribution in [0, 0.1) is 0 Å². The van der Waals surface area contributed by atoms with E-state index in [0.29, 0.717) is 23.4 Å². The second kappa shape index (κ2) is 7.82. The van der Waals surface area contributed by atoms with Crippen molar-refractivity contribution in [2.24, 2.45) is 0 Å². The van der Waals surface area contributed by atoms with E-state index in [9.17, 15) is 14.4 Å². The van der Waals surface area contributed by atoms with Crippen LogP contribution < -0.4 is 10.1 Å². The van der Waals surface area contributed by atoms with Crippen LogP contribution >= 0.6 is 0 Å².